The van der Waals surface area contributed by atoms with Gasteiger partial charge in [0.1, 0.15) is 12.4 Å². The maximum Gasteiger partial charge on any atom is 0.191 e. The topological polar surface area (TPSA) is 48.9 Å². The van der Waals surface area contributed by atoms with E-state index in [9.17, 15) is 0 Å². The van der Waals surface area contributed by atoms with Gasteiger partial charge in [-0.05, 0) is 33.0 Å². The molecule has 2 N–H and O–H groups in total. The van der Waals surface area contributed by atoms with Crippen LogP contribution in [0.4, 0.5) is 0 Å². The van der Waals surface area contributed by atoms with Crippen LogP contribution >= 0.6 is 0 Å². The average molecular weight is 332 g/mol. The predicted octanol–water partition coefficient (Wildman–Crippen LogP) is 2.62. The minimum absolute atomic E-state index is 0.552. The fourth-order valence-corrected chi connectivity index (χ4v) is 2.94. The van der Waals surface area contributed by atoms with Crippen molar-refractivity contribution in [2.24, 2.45) is 4.99 Å². The summed E-state index contributed by atoms with van der Waals surface area (Å²) in [7, 11) is 5.94. The third kappa shape index (κ3) is 6.40. The first kappa shape index (κ1) is 18.6. The van der Waals surface area contributed by atoms with Gasteiger partial charge in [-0.1, -0.05) is 37.5 Å². The highest BCUT2D eigenvalue weighted by Gasteiger charge is 2.14. The van der Waals surface area contributed by atoms with Crippen molar-refractivity contribution >= 4 is 5.96 Å². The van der Waals surface area contributed by atoms with Crippen LogP contribution in [0.1, 0.15) is 37.7 Å². The number of likely N-dealkylation sites (N-methyl/N-ethyl adjacent to an activating group) is 1. The summed E-state index contributed by atoms with van der Waals surface area (Å²) < 4.78 is 5.92. The van der Waals surface area contributed by atoms with E-state index in [1.807, 2.05) is 25.2 Å². The second-order valence-corrected chi connectivity index (χ2v) is 6.66. The third-order valence-corrected chi connectivity index (χ3v) is 4.38. The van der Waals surface area contributed by atoms with E-state index in [1.165, 1.54) is 32.1 Å². The third-order valence-electron chi connectivity index (χ3n) is 4.38. The van der Waals surface area contributed by atoms with E-state index >= 15 is 0 Å². The first-order valence-electron chi connectivity index (χ1n) is 9.01. The molecule has 1 saturated carbocycles. The standard InChI is InChI=1S/C19H32N4O/c1-20-19(22-17-10-5-4-6-11-17)21-15-16-9-7-8-12-18(16)24-14-13-23(2)3/h7-9,12,17H,4-6,10-11,13-15H2,1-3H3,(H2,20,21,22). The molecule has 0 bridgehead atoms. The Morgan fingerprint density at radius 3 is 2.67 bits per heavy atom. The van der Waals surface area contributed by atoms with Crippen molar-refractivity contribution in [3.63, 3.8) is 0 Å². The van der Waals surface area contributed by atoms with Crippen LogP contribution in [0, 0.1) is 0 Å². The molecule has 1 aliphatic rings. The van der Waals surface area contributed by atoms with E-state index in [0.29, 0.717) is 19.2 Å². The number of rotatable bonds is 7. The summed E-state index contributed by atoms with van der Waals surface area (Å²) in [5.41, 5.74) is 1.16. The van der Waals surface area contributed by atoms with Crippen molar-refractivity contribution in [1.29, 1.82) is 0 Å². The molecule has 5 nitrogen and oxygen atoms in total. The molecule has 0 saturated heterocycles. The van der Waals surface area contributed by atoms with E-state index in [0.717, 1.165) is 23.8 Å². The Morgan fingerprint density at radius 2 is 1.96 bits per heavy atom. The Labute approximate surface area is 146 Å². The molecule has 2 rings (SSSR count). The van der Waals surface area contributed by atoms with E-state index in [1.54, 1.807) is 0 Å². The molecule has 1 aliphatic carbocycles. The second kappa shape index (κ2) is 10.2. The van der Waals surface area contributed by atoms with E-state index in [-0.39, 0.29) is 0 Å². The molecule has 1 aromatic rings. The van der Waals surface area contributed by atoms with Crippen molar-refractivity contribution in [2.75, 3.05) is 34.3 Å². The molecular formula is C19H32N4O. The molecule has 0 aliphatic heterocycles. The average Bonchev–Trinajstić information content (AvgIpc) is 2.60. The van der Waals surface area contributed by atoms with Gasteiger partial charge in [0.2, 0.25) is 0 Å². The van der Waals surface area contributed by atoms with Crippen LogP contribution in [0.15, 0.2) is 29.3 Å². The number of hydrogen-bond donors (Lipinski definition) is 2. The molecule has 1 fully saturated rings. The lowest BCUT2D eigenvalue weighted by molar-refractivity contribution is 0.259. The molecule has 0 heterocycles. The van der Waals surface area contributed by atoms with Crippen molar-refractivity contribution < 1.29 is 4.74 Å². The Hall–Kier alpha value is -1.75. The Kier molecular flexibility index (Phi) is 7.89. The van der Waals surface area contributed by atoms with E-state index in [2.05, 4.69) is 40.7 Å². The van der Waals surface area contributed by atoms with Crippen LogP contribution in [-0.4, -0.2) is 51.2 Å². The highest BCUT2D eigenvalue weighted by molar-refractivity contribution is 5.80. The molecule has 0 spiro atoms. The molecule has 0 atom stereocenters. The zero-order valence-corrected chi connectivity index (χ0v) is 15.3. The number of ether oxygens (including phenoxy) is 1. The molecule has 0 unspecified atom stereocenters. The SMILES string of the molecule is CN=C(NCc1ccccc1OCCN(C)C)NC1CCCCC1. The van der Waals surface area contributed by atoms with Gasteiger partial charge in [0.25, 0.3) is 0 Å². The Morgan fingerprint density at radius 1 is 1.21 bits per heavy atom. The number of nitrogens with one attached hydrogen (secondary N) is 2. The summed E-state index contributed by atoms with van der Waals surface area (Å²) in [6.07, 6.45) is 6.48. The minimum Gasteiger partial charge on any atom is -0.492 e. The van der Waals surface area contributed by atoms with Crippen LogP contribution in [0.25, 0.3) is 0 Å². The van der Waals surface area contributed by atoms with Gasteiger partial charge in [0.15, 0.2) is 5.96 Å². The molecule has 1 aromatic carbocycles. The van der Waals surface area contributed by atoms with Gasteiger partial charge in [-0.3, -0.25) is 4.99 Å². The predicted molar refractivity (Wildman–Crippen MR) is 101 cm³/mol. The van der Waals surface area contributed by atoms with Gasteiger partial charge in [-0.2, -0.15) is 0 Å². The lowest BCUT2D eigenvalue weighted by Crippen LogP contribution is -2.43. The summed E-state index contributed by atoms with van der Waals surface area (Å²) in [5.74, 6) is 1.82. The van der Waals surface area contributed by atoms with Gasteiger partial charge in [0.05, 0.1) is 0 Å². The van der Waals surface area contributed by atoms with Crippen molar-refractivity contribution in [3.8, 4) is 5.75 Å². The molecule has 0 aromatic heterocycles. The van der Waals surface area contributed by atoms with Crippen LogP contribution in [0.2, 0.25) is 0 Å². The van der Waals surface area contributed by atoms with Crippen LogP contribution in [-0.2, 0) is 6.54 Å². The van der Waals surface area contributed by atoms with Crippen LogP contribution < -0.4 is 15.4 Å². The highest BCUT2D eigenvalue weighted by atomic mass is 16.5. The van der Waals surface area contributed by atoms with Gasteiger partial charge in [-0.15, -0.1) is 0 Å². The minimum atomic E-state index is 0.552. The monoisotopic (exact) mass is 332 g/mol. The number of benzene rings is 1. The van der Waals surface area contributed by atoms with E-state index in [4.69, 9.17) is 4.74 Å². The molecule has 134 valence electrons. The number of para-hydroxylation sites is 1. The summed E-state index contributed by atoms with van der Waals surface area (Å²) in [6, 6.07) is 8.75. The first-order chi connectivity index (χ1) is 11.7. The van der Waals surface area contributed by atoms with Crippen LogP contribution in [0.5, 0.6) is 5.75 Å². The van der Waals surface area contributed by atoms with Crippen molar-refractivity contribution in [2.45, 2.75) is 44.7 Å². The van der Waals surface area contributed by atoms with Gasteiger partial charge >= 0.3 is 0 Å². The Bertz CT molecular complexity index is 510. The summed E-state index contributed by atoms with van der Waals surface area (Å²) in [6.45, 7) is 2.32. The number of nitrogens with zero attached hydrogens (tertiary/aromatic N) is 2. The van der Waals surface area contributed by atoms with Gasteiger partial charge < -0.3 is 20.3 Å². The molecule has 24 heavy (non-hydrogen) atoms. The Balaban J connectivity index is 1.85. The van der Waals surface area contributed by atoms with Crippen LogP contribution in [0.3, 0.4) is 0 Å². The summed E-state index contributed by atoms with van der Waals surface area (Å²) >= 11 is 0. The zero-order chi connectivity index (χ0) is 17.2. The molecule has 5 heteroatoms. The number of aliphatic imine (C=N–C) groups is 1. The molecule has 0 amide bonds. The zero-order valence-electron chi connectivity index (χ0n) is 15.3. The van der Waals surface area contributed by atoms with Gasteiger partial charge in [-0.25, -0.2) is 0 Å². The highest BCUT2D eigenvalue weighted by Crippen LogP contribution is 2.18. The lowest BCUT2D eigenvalue weighted by Gasteiger charge is -2.25. The summed E-state index contributed by atoms with van der Waals surface area (Å²) in [4.78, 5) is 6.48. The maximum atomic E-state index is 5.92. The van der Waals surface area contributed by atoms with Crippen molar-refractivity contribution in [1.82, 2.24) is 15.5 Å². The fraction of sp³-hybridized carbons (Fsp3) is 0.632. The van der Waals surface area contributed by atoms with Gasteiger partial charge in [0, 0.05) is 31.7 Å². The number of hydrogen-bond acceptors (Lipinski definition) is 3. The lowest BCUT2D eigenvalue weighted by atomic mass is 9.96. The fourth-order valence-electron chi connectivity index (χ4n) is 2.94. The van der Waals surface area contributed by atoms with E-state index < -0.39 is 0 Å². The maximum absolute atomic E-state index is 5.92. The second-order valence-electron chi connectivity index (χ2n) is 6.66. The van der Waals surface area contributed by atoms with Crippen molar-refractivity contribution in [3.05, 3.63) is 29.8 Å². The summed E-state index contributed by atoms with van der Waals surface area (Å²) in [5, 5.41) is 6.97. The number of guanidine groups is 1. The first-order valence-corrected chi connectivity index (χ1v) is 9.01. The molecule has 0 radical (unpaired) electrons. The quantitative estimate of drug-likeness (QED) is 0.595. The smallest absolute Gasteiger partial charge is 0.191 e. The normalized spacial score (nSPS) is 16.2. The molecular weight excluding hydrogens is 300 g/mol. The largest absolute Gasteiger partial charge is 0.492 e.